The van der Waals surface area contributed by atoms with Crippen LogP contribution in [0.2, 0.25) is 0 Å². The number of amides is 1. The Hall–Kier alpha value is -3.22. The average molecular weight is 415 g/mol. The lowest BCUT2D eigenvalue weighted by Gasteiger charge is -2.16. The monoisotopic (exact) mass is 415 g/mol. The third kappa shape index (κ3) is 6.14. The van der Waals surface area contributed by atoms with E-state index in [-0.39, 0.29) is 5.56 Å². The van der Waals surface area contributed by atoms with Crippen molar-refractivity contribution in [2.45, 2.75) is 40.2 Å². The number of hydrogen-bond acceptors (Lipinski definition) is 6. The van der Waals surface area contributed by atoms with Gasteiger partial charge in [-0.25, -0.2) is 4.79 Å². The Morgan fingerprint density at radius 1 is 1.00 bits per heavy atom. The van der Waals surface area contributed by atoms with Crippen molar-refractivity contribution in [3.63, 3.8) is 0 Å². The van der Waals surface area contributed by atoms with Crippen LogP contribution < -0.4 is 19.5 Å². The normalized spacial score (nSPS) is 11.4. The van der Waals surface area contributed by atoms with Crippen LogP contribution in [0.15, 0.2) is 36.4 Å². The highest BCUT2D eigenvalue weighted by atomic mass is 16.5. The molecule has 30 heavy (non-hydrogen) atoms. The molecule has 2 aromatic rings. The van der Waals surface area contributed by atoms with Crippen LogP contribution in [0, 0.1) is 6.92 Å². The molecule has 0 spiro atoms. The Morgan fingerprint density at radius 2 is 1.73 bits per heavy atom. The highest BCUT2D eigenvalue weighted by Gasteiger charge is 2.21. The fourth-order valence-electron chi connectivity index (χ4n) is 2.67. The summed E-state index contributed by atoms with van der Waals surface area (Å²) < 4.78 is 21.8. The molecule has 0 aliphatic heterocycles. The van der Waals surface area contributed by atoms with Crippen molar-refractivity contribution in [3.8, 4) is 17.2 Å². The third-order valence-electron chi connectivity index (χ3n) is 4.21. The van der Waals surface area contributed by atoms with Gasteiger partial charge in [0, 0.05) is 0 Å². The van der Waals surface area contributed by atoms with Crippen LogP contribution in [0.4, 0.5) is 5.69 Å². The molecule has 0 bridgehead atoms. The van der Waals surface area contributed by atoms with Crippen LogP contribution in [-0.2, 0) is 9.53 Å². The number of aryl methyl sites for hydroxylation is 1. The number of carbonyl (C=O) groups is 2. The first-order chi connectivity index (χ1) is 14.4. The Bertz CT molecular complexity index is 880. The van der Waals surface area contributed by atoms with E-state index < -0.39 is 18.0 Å². The quantitative estimate of drug-likeness (QED) is 0.580. The molecule has 0 fully saturated rings. The summed E-state index contributed by atoms with van der Waals surface area (Å²) in [4.78, 5) is 25.1. The van der Waals surface area contributed by atoms with Gasteiger partial charge >= 0.3 is 5.97 Å². The molecule has 2 aromatic carbocycles. The molecule has 1 amide bonds. The lowest BCUT2D eigenvalue weighted by Crippen LogP contribution is -2.30. The predicted octanol–water partition coefficient (Wildman–Crippen LogP) is 4.38. The molecular weight excluding hydrogens is 386 g/mol. The lowest BCUT2D eigenvalue weighted by atomic mass is 10.2. The molecule has 1 N–H and O–H groups in total. The minimum absolute atomic E-state index is 0.273. The van der Waals surface area contributed by atoms with Crippen LogP contribution in [0.3, 0.4) is 0 Å². The Labute approximate surface area is 177 Å². The van der Waals surface area contributed by atoms with Gasteiger partial charge in [-0.1, -0.05) is 13.0 Å². The first kappa shape index (κ1) is 23.1. The number of ether oxygens (including phenoxy) is 4. The van der Waals surface area contributed by atoms with Crippen LogP contribution >= 0.6 is 0 Å². The zero-order chi connectivity index (χ0) is 22.1. The highest BCUT2D eigenvalue weighted by molar-refractivity contribution is 5.98. The van der Waals surface area contributed by atoms with Gasteiger partial charge in [0.15, 0.2) is 17.6 Å². The minimum atomic E-state index is -1.01. The number of anilines is 1. The maximum Gasteiger partial charge on any atom is 0.339 e. The third-order valence-corrected chi connectivity index (χ3v) is 4.21. The van der Waals surface area contributed by atoms with Crippen molar-refractivity contribution in [2.75, 3.05) is 25.6 Å². The Balaban J connectivity index is 2.08. The van der Waals surface area contributed by atoms with E-state index in [1.807, 2.05) is 26.8 Å². The summed E-state index contributed by atoms with van der Waals surface area (Å²) in [5.41, 5.74) is 1.75. The molecule has 1 unspecified atom stereocenters. The Kier molecular flexibility index (Phi) is 8.53. The van der Waals surface area contributed by atoms with E-state index in [0.29, 0.717) is 36.1 Å². The van der Waals surface area contributed by atoms with Gasteiger partial charge in [-0.15, -0.1) is 0 Å². The zero-order valence-electron chi connectivity index (χ0n) is 18.1. The zero-order valence-corrected chi connectivity index (χ0v) is 18.1. The molecular formula is C23H29NO6. The molecule has 0 aliphatic rings. The van der Waals surface area contributed by atoms with Crippen molar-refractivity contribution in [1.82, 2.24) is 0 Å². The lowest BCUT2D eigenvalue weighted by molar-refractivity contribution is -0.123. The summed E-state index contributed by atoms with van der Waals surface area (Å²) >= 11 is 0. The largest absolute Gasteiger partial charge is 0.495 e. The first-order valence-electron chi connectivity index (χ1n) is 9.95. The molecule has 0 radical (unpaired) electrons. The number of carbonyl (C=O) groups excluding carboxylic acids is 2. The van der Waals surface area contributed by atoms with Gasteiger partial charge in [-0.05, 0) is 63.1 Å². The number of rotatable bonds is 10. The van der Waals surface area contributed by atoms with Crippen molar-refractivity contribution < 1.29 is 28.5 Å². The van der Waals surface area contributed by atoms with Gasteiger partial charge in [0.1, 0.15) is 5.75 Å². The molecule has 2 rings (SSSR count). The van der Waals surface area contributed by atoms with Gasteiger partial charge in [-0.2, -0.15) is 0 Å². The van der Waals surface area contributed by atoms with Crippen LogP contribution in [0.5, 0.6) is 17.2 Å². The summed E-state index contributed by atoms with van der Waals surface area (Å²) in [6.07, 6.45) is -0.150. The number of nitrogens with one attached hydrogen (secondary N) is 1. The predicted molar refractivity (Wildman–Crippen MR) is 115 cm³/mol. The van der Waals surface area contributed by atoms with E-state index in [9.17, 15) is 9.59 Å². The van der Waals surface area contributed by atoms with E-state index in [2.05, 4.69) is 5.32 Å². The van der Waals surface area contributed by atoms with Crippen LogP contribution in [0.1, 0.15) is 43.1 Å². The van der Waals surface area contributed by atoms with Crippen molar-refractivity contribution in [1.29, 1.82) is 0 Å². The maximum atomic E-state index is 12.5. The van der Waals surface area contributed by atoms with Gasteiger partial charge in [-0.3, -0.25) is 4.79 Å². The van der Waals surface area contributed by atoms with Crippen LogP contribution in [0.25, 0.3) is 0 Å². The number of benzene rings is 2. The highest BCUT2D eigenvalue weighted by Crippen LogP contribution is 2.29. The number of hydrogen-bond donors (Lipinski definition) is 1. The summed E-state index contributed by atoms with van der Waals surface area (Å²) in [7, 11) is 1.52. The second-order valence-corrected chi connectivity index (χ2v) is 6.68. The average Bonchev–Trinajstić information content (AvgIpc) is 2.73. The Morgan fingerprint density at radius 3 is 2.40 bits per heavy atom. The summed E-state index contributed by atoms with van der Waals surface area (Å²) in [6.45, 7) is 8.24. The second kappa shape index (κ2) is 11.1. The van der Waals surface area contributed by atoms with Gasteiger partial charge in [0.2, 0.25) is 0 Å². The fourth-order valence-corrected chi connectivity index (χ4v) is 2.67. The van der Waals surface area contributed by atoms with Crippen LogP contribution in [-0.4, -0.2) is 38.3 Å². The second-order valence-electron chi connectivity index (χ2n) is 6.68. The molecule has 7 heteroatoms. The maximum absolute atomic E-state index is 12.5. The van der Waals surface area contributed by atoms with Crippen molar-refractivity contribution >= 4 is 17.6 Å². The molecule has 7 nitrogen and oxygen atoms in total. The first-order valence-corrected chi connectivity index (χ1v) is 9.95. The molecule has 0 saturated carbocycles. The molecule has 0 aliphatic carbocycles. The fraction of sp³-hybridized carbons (Fsp3) is 0.391. The SMILES string of the molecule is CCCOc1ccc(C(=O)OC(C)C(=O)Nc2cc(C)ccc2OC)cc1OCC. The van der Waals surface area contributed by atoms with E-state index in [1.165, 1.54) is 14.0 Å². The molecule has 0 saturated heterocycles. The number of esters is 1. The van der Waals surface area contributed by atoms with E-state index in [1.54, 1.807) is 30.3 Å². The van der Waals surface area contributed by atoms with Gasteiger partial charge < -0.3 is 24.3 Å². The summed E-state index contributed by atoms with van der Waals surface area (Å²) in [5.74, 6) is 0.461. The van der Waals surface area contributed by atoms with Crippen molar-refractivity contribution in [2.24, 2.45) is 0 Å². The smallest absolute Gasteiger partial charge is 0.339 e. The standard InChI is InChI=1S/C23H29NO6/c1-6-12-29-20-11-9-17(14-21(20)28-7-2)23(26)30-16(4)22(25)24-18-13-15(3)8-10-19(18)27-5/h8-11,13-14,16H,6-7,12H2,1-5H3,(H,24,25). The molecule has 1 atom stereocenters. The topological polar surface area (TPSA) is 83.1 Å². The molecule has 0 aromatic heterocycles. The molecule has 0 heterocycles. The van der Waals surface area contributed by atoms with Gasteiger partial charge in [0.05, 0.1) is 31.6 Å². The van der Waals surface area contributed by atoms with E-state index in [4.69, 9.17) is 18.9 Å². The van der Waals surface area contributed by atoms with Crippen molar-refractivity contribution in [3.05, 3.63) is 47.5 Å². The number of methoxy groups -OCH3 is 1. The van der Waals surface area contributed by atoms with E-state index in [0.717, 1.165) is 12.0 Å². The summed E-state index contributed by atoms with van der Waals surface area (Å²) in [6, 6.07) is 10.2. The summed E-state index contributed by atoms with van der Waals surface area (Å²) in [5, 5.41) is 2.74. The van der Waals surface area contributed by atoms with E-state index >= 15 is 0 Å². The minimum Gasteiger partial charge on any atom is -0.495 e. The van der Waals surface area contributed by atoms with Gasteiger partial charge in [0.25, 0.3) is 5.91 Å². The molecule has 162 valence electrons.